The molecule has 0 saturated heterocycles. The first-order chi connectivity index (χ1) is 5.52. The molecule has 0 bridgehead atoms. The van der Waals surface area contributed by atoms with E-state index in [0.717, 1.165) is 11.3 Å². The fraction of sp³-hybridized carbons (Fsp3) is 0.250. The minimum atomic E-state index is -0.966. The molecule has 0 aromatic carbocycles. The van der Waals surface area contributed by atoms with Crippen LogP contribution in [0.3, 0.4) is 0 Å². The highest BCUT2D eigenvalue weighted by Gasteiger charge is 2.12. The number of carboxylic acids is 1. The number of halogens is 1. The topological polar surface area (TPSA) is 50.2 Å². The van der Waals surface area contributed by atoms with Crippen LogP contribution in [0.4, 0.5) is 0 Å². The number of aromatic nitrogens is 1. The van der Waals surface area contributed by atoms with Crippen molar-refractivity contribution in [1.82, 2.24) is 4.98 Å². The van der Waals surface area contributed by atoms with Crippen LogP contribution >= 0.6 is 22.6 Å². The van der Waals surface area contributed by atoms with Gasteiger partial charge in [0.2, 0.25) is 0 Å². The second-order valence-corrected chi connectivity index (χ2v) is 3.63. The molecule has 0 amide bonds. The van der Waals surface area contributed by atoms with Gasteiger partial charge in [-0.15, -0.1) is 0 Å². The lowest BCUT2D eigenvalue weighted by atomic mass is 10.2. The van der Waals surface area contributed by atoms with Gasteiger partial charge in [0.1, 0.15) is 0 Å². The first-order valence-corrected chi connectivity index (χ1v) is 4.47. The Bertz CT molecular complexity index is 336. The quantitative estimate of drug-likeness (QED) is 0.799. The molecule has 12 heavy (non-hydrogen) atoms. The Morgan fingerprint density at radius 3 is 2.67 bits per heavy atom. The third-order valence-electron chi connectivity index (χ3n) is 1.47. The first kappa shape index (κ1) is 9.44. The first-order valence-electron chi connectivity index (χ1n) is 3.39. The number of aryl methyl sites for hydroxylation is 2. The van der Waals surface area contributed by atoms with Gasteiger partial charge >= 0.3 is 5.97 Å². The van der Waals surface area contributed by atoms with Crippen LogP contribution < -0.4 is 0 Å². The Hall–Kier alpha value is -0.650. The SMILES string of the molecule is Cc1cc(C)c(I)c(C(=O)O)n1. The van der Waals surface area contributed by atoms with Crippen LogP contribution in [-0.4, -0.2) is 16.1 Å². The summed E-state index contributed by atoms with van der Waals surface area (Å²) in [6.45, 7) is 3.67. The molecular weight excluding hydrogens is 269 g/mol. The van der Waals surface area contributed by atoms with E-state index in [1.165, 1.54) is 0 Å². The summed E-state index contributed by atoms with van der Waals surface area (Å²) in [6, 6.07) is 1.87. The summed E-state index contributed by atoms with van der Waals surface area (Å²) >= 11 is 1.99. The molecular formula is C8H8INO2. The van der Waals surface area contributed by atoms with Gasteiger partial charge in [-0.1, -0.05) is 0 Å². The normalized spacial score (nSPS) is 9.92. The van der Waals surface area contributed by atoms with Crippen molar-refractivity contribution < 1.29 is 9.90 Å². The van der Waals surface area contributed by atoms with Crippen LogP contribution in [0.15, 0.2) is 6.07 Å². The fourth-order valence-electron chi connectivity index (χ4n) is 0.963. The van der Waals surface area contributed by atoms with Crippen molar-refractivity contribution in [1.29, 1.82) is 0 Å². The maximum Gasteiger partial charge on any atom is 0.355 e. The van der Waals surface area contributed by atoms with Gasteiger partial charge in [0.05, 0.1) is 0 Å². The second kappa shape index (κ2) is 3.38. The summed E-state index contributed by atoms with van der Waals surface area (Å²) in [7, 11) is 0. The molecule has 4 heteroatoms. The molecule has 1 N–H and O–H groups in total. The largest absolute Gasteiger partial charge is 0.476 e. The predicted octanol–water partition coefficient (Wildman–Crippen LogP) is 2.00. The number of pyridine rings is 1. The minimum absolute atomic E-state index is 0.146. The molecule has 0 aliphatic carbocycles. The molecule has 0 radical (unpaired) electrons. The van der Waals surface area contributed by atoms with Crippen molar-refractivity contribution in [2.24, 2.45) is 0 Å². The van der Waals surface area contributed by atoms with E-state index in [1.54, 1.807) is 6.92 Å². The number of carbonyl (C=O) groups is 1. The van der Waals surface area contributed by atoms with E-state index in [4.69, 9.17) is 5.11 Å². The summed E-state index contributed by atoms with van der Waals surface area (Å²) < 4.78 is 0.714. The van der Waals surface area contributed by atoms with Crippen LogP contribution in [0.2, 0.25) is 0 Å². The molecule has 1 heterocycles. The Morgan fingerprint density at radius 1 is 1.58 bits per heavy atom. The lowest BCUT2D eigenvalue weighted by molar-refractivity contribution is 0.0689. The van der Waals surface area contributed by atoms with Gasteiger partial charge < -0.3 is 5.11 Å². The van der Waals surface area contributed by atoms with Crippen molar-refractivity contribution in [3.63, 3.8) is 0 Å². The molecule has 1 aromatic rings. The van der Waals surface area contributed by atoms with Gasteiger partial charge in [0, 0.05) is 9.26 Å². The third kappa shape index (κ3) is 1.74. The predicted molar refractivity (Wildman–Crippen MR) is 53.4 cm³/mol. The average Bonchev–Trinajstić information content (AvgIpc) is 1.96. The third-order valence-corrected chi connectivity index (χ3v) is 2.83. The van der Waals surface area contributed by atoms with E-state index in [-0.39, 0.29) is 5.69 Å². The van der Waals surface area contributed by atoms with Gasteiger partial charge in [-0.05, 0) is 48.1 Å². The molecule has 0 spiro atoms. The van der Waals surface area contributed by atoms with Crippen molar-refractivity contribution in [2.75, 3.05) is 0 Å². The van der Waals surface area contributed by atoms with Crippen LogP contribution in [0.1, 0.15) is 21.7 Å². The fourth-order valence-corrected chi connectivity index (χ4v) is 1.47. The van der Waals surface area contributed by atoms with Crippen molar-refractivity contribution >= 4 is 28.6 Å². The highest BCUT2D eigenvalue weighted by atomic mass is 127. The molecule has 0 fully saturated rings. The van der Waals surface area contributed by atoms with E-state index in [0.29, 0.717) is 3.57 Å². The van der Waals surface area contributed by atoms with Crippen LogP contribution in [0, 0.1) is 17.4 Å². The monoisotopic (exact) mass is 277 g/mol. The summed E-state index contributed by atoms with van der Waals surface area (Å²) in [5.74, 6) is -0.966. The maximum atomic E-state index is 10.7. The van der Waals surface area contributed by atoms with Crippen molar-refractivity contribution in [3.8, 4) is 0 Å². The number of carboxylic acid groups (broad SMARTS) is 1. The highest BCUT2D eigenvalue weighted by molar-refractivity contribution is 14.1. The van der Waals surface area contributed by atoms with E-state index in [1.807, 2.05) is 35.6 Å². The Morgan fingerprint density at radius 2 is 2.17 bits per heavy atom. The Kier molecular flexibility index (Phi) is 2.66. The summed E-state index contributed by atoms with van der Waals surface area (Å²) in [6.07, 6.45) is 0. The van der Waals surface area contributed by atoms with E-state index in [9.17, 15) is 4.79 Å². The number of rotatable bonds is 1. The Labute approximate surface area is 84.0 Å². The van der Waals surface area contributed by atoms with Crippen molar-refractivity contribution in [3.05, 3.63) is 26.6 Å². The van der Waals surface area contributed by atoms with Crippen molar-refractivity contribution in [2.45, 2.75) is 13.8 Å². The average molecular weight is 277 g/mol. The zero-order valence-electron chi connectivity index (χ0n) is 6.76. The van der Waals surface area contributed by atoms with E-state index >= 15 is 0 Å². The summed E-state index contributed by atoms with van der Waals surface area (Å²) in [5, 5.41) is 8.75. The van der Waals surface area contributed by atoms with Gasteiger partial charge in [0.15, 0.2) is 5.69 Å². The minimum Gasteiger partial charge on any atom is -0.476 e. The van der Waals surface area contributed by atoms with Gasteiger partial charge in [-0.2, -0.15) is 0 Å². The molecule has 1 aromatic heterocycles. The number of hydrogen-bond donors (Lipinski definition) is 1. The van der Waals surface area contributed by atoms with Crippen LogP contribution in [0.25, 0.3) is 0 Å². The summed E-state index contributed by atoms with van der Waals surface area (Å²) in [5.41, 5.74) is 1.85. The maximum absolute atomic E-state index is 10.7. The molecule has 3 nitrogen and oxygen atoms in total. The van der Waals surface area contributed by atoms with Crippen LogP contribution in [-0.2, 0) is 0 Å². The molecule has 0 unspecified atom stereocenters. The lowest BCUT2D eigenvalue weighted by Gasteiger charge is -2.03. The van der Waals surface area contributed by atoms with Gasteiger partial charge in [0.25, 0.3) is 0 Å². The molecule has 0 aliphatic rings. The lowest BCUT2D eigenvalue weighted by Crippen LogP contribution is -2.06. The van der Waals surface area contributed by atoms with E-state index in [2.05, 4.69) is 4.98 Å². The van der Waals surface area contributed by atoms with E-state index < -0.39 is 5.97 Å². The molecule has 0 saturated carbocycles. The molecule has 64 valence electrons. The second-order valence-electron chi connectivity index (χ2n) is 2.55. The zero-order chi connectivity index (χ0) is 9.30. The molecule has 0 atom stereocenters. The van der Waals surface area contributed by atoms with Gasteiger partial charge in [-0.25, -0.2) is 9.78 Å². The van der Waals surface area contributed by atoms with Gasteiger partial charge in [-0.3, -0.25) is 0 Å². The van der Waals surface area contributed by atoms with Crippen LogP contribution in [0.5, 0.6) is 0 Å². The standard InChI is InChI=1S/C8H8INO2/c1-4-3-5(2)10-7(6(4)9)8(11)12/h3H,1-2H3,(H,11,12). The molecule has 0 aliphatic heterocycles. The smallest absolute Gasteiger partial charge is 0.355 e. The number of aromatic carboxylic acids is 1. The summed E-state index contributed by atoms with van der Waals surface area (Å²) in [4.78, 5) is 14.6. The molecule has 1 rings (SSSR count). The zero-order valence-corrected chi connectivity index (χ0v) is 8.92. The highest BCUT2D eigenvalue weighted by Crippen LogP contribution is 2.15. The number of hydrogen-bond acceptors (Lipinski definition) is 2. The number of nitrogens with zero attached hydrogens (tertiary/aromatic N) is 1. The Balaban J connectivity index is 3.37.